The minimum absolute atomic E-state index is 0.00496. The van der Waals surface area contributed by atoms with Crippen molar-refractivity contribution in [3.8, 4) is 11.8 Å². The van der Waals surface area contributed by atoms with Gasteiger partial charge in [-0.2, -0.15) is 5.26 Å². The first-order chi connectivity index (χ1) is 7.13. The minimum atomic E-state index is -0.00496. The molecule has 0 heterocycles. The Morgan fingerprint density at radius 2 is 2.20 bits per heavy atom. The molecular weight excluding hydrogens is 190 g/mol. The van der Waals surface area contributed by atoms with E-state index in [0.29, 0.717) is 16.9 Å². The Morgan fingerprint density at radius 1 is 1.53 bits per heavy atom. The maximum absolute atomic E-state index is 11.4. The van der Waals surface area contributed by atoms with E-state index in [4.69, 9.17) is 10.00 Å². The zero-order chi connectivity index (χ0) is 11.4. The van der Waals surface area contributed by atoms with Crippen LogP contribution in [-0.4, -0.2) is 12.9 Å². The van der Waals surface area contributed by atoms with E-state index < -0.39 is 0 Å². The molecule has 0 atom stereocenters. The number of Topliss-reactive ketones (excluding diaryl/α,β-unsaturated/α-hetero) is 1. The standard InChI is InChI=1S/C12H13NO2/c1-4-9-5-10(7-13)12(15-3)6-11(9)8(2)14/h5-6H,4H2,1-3H3. The summed E-state index contributed by atoms with van der Waals surface area (Å²) in [6.07, 6.45) is 0.730. The van der Waals surface area contributed by atoms with Crippen LogP contribution >= 0.6 is 0 Å². The Kier molecular flexibility index (Phi) is 3.46. The summed E-state index contributed by atoms with van der Waals surface area (Å²) in [4.78, 5) is 11.4. The summed E-state index contributed by atoms with van der Waals surface area (Å²) >= 11 is 0. The summed E-state index contributed by atoms with van der Waals surface area (Å²) in [5.74, 6) is 0.453. The van der Waals surface area contributed by atoms with Gasteiger partial charge in [-0.25, -0.2) is 0 Å². The molecule has 0 bridgehead atoms. The molecule has 0 saturated heterocycles. The van der Waals surface area contributed by atoms with Gasteiger partial charge in [0.05, 0.1) is 12.7 Å². The molecule has 3 nitrogen and oxygen atoms in total. The van der Waals surface area contributed by atoms with Crippen LogP contribution in [0.2, 0.25) is 0 Å². The third-order valence-corrected chi connectivity index (χ3v) is 2.31. The first-order valence-corrected chi connectivity index (χ1v) is 4.76. The largest absolute Gasteiger partial charge is 0.495 e. The second kappa shape index (κ2) is 4.61. The number of ketones is 1. The molecule has 3 heteroatoms. The van der Waals surface area contributed by atoms with Gasteiger partial charge in [0.2, 0.25) is 0 Å². The maximum atomic E-state index is 11.4. The van der Waals surface area contributed by atoms with Gasteiger partial charge in [0, 0.05) is 5.56 Å². The molecule has 0 aliphatic rings. The first-order valence-electron chi connectivity index (χ1n) is 4.76. The number of rotatable bonds is 3. The number of hydrogen-bond acceptors (Lipinski definition) is 3. The normalized spacial score (nSPS) is 9.47. The summed E-state index contributed by atoms with van der Waals surface area (Å²) in [5.41, 5.74) is 1.99. The highest BCUT2D eigenvalue weighted by atomic mass is 16.5. The van der Waals surface area contributed by atoms with Crippen molar-refractivity contribution < 1.29 is 9.53 Å². The molecule has 0 aromatic heterocycles. The fourth-order valence-electron chi connectivity index (χ4n) is 1.50. The van der Waals surface area contributed by atoms with Crippen molar-refractivity contribution in [3.63, 3.8) is 0 Å². The zero-order valence-corrected chi connectivity index (χ0v) is 9.13. The summed E-state index contributed by atoms with van der Waals surface area (Å²) < 4.78 is 5.05. The molecular formula is C12H13NO2. The molecule has 0 N–H and O–H groups in total. The van der Waals surface area contributed by atoms with Gasteiger partial charge in [-0.3, -0.25) is 4.79 Å². The zero-order valence-electron chi connectivity index (χ0n) is 9.13. The molecule has 78 valence electrons. The van der Waals surface area contributed by atoms with Crippen LogP contribution < -0.4 is 4.74 Å². The predicted molar refractivity (Wildman–Crippen MR) is 57.1 cm³/mol. The molecule has 0 amide bonds. The lowest BCUT2D eigenvalue weighted by Gasteiger charge is -2.09. The molecule has 1 aromatic rings. The Balaban J connectivity index is 3.42. The van der Waals surface area contributed by atoms with Gasteiger partial charge in [0.1, 0.15) is 11.8 Å². The molecule has 15 heavy (non-hydrogen) atoms. The van der Waals surface area contributed by atoms with Crippen molar-refractivity contribution in [2.45, 2.75) is 20.3 Å². The summed E-state index contributed by atoms with van der Waals surface area (Å²) in [5, 5.41) is 8.88. The Hall–Kier alpha value is -1.82. The fraction of sp³-hybridized carbons (Fsp3) is 0.333. The third kappa shape index (κ3) is 2.16. The number of methoxy groups -OCH3 is 1. The summed E-state index contributed by atoms with van der Waals surface area (Å²) in [7, 11) is 1.49. The molecule has 0 aliphatic carbocycles. The van der Waals surface area contributed by atoms with Crippen LogP contribution in [0.1, 0.15) is 35.3 Å². The number of aryl methyl sites for hydroxylation is 1. The highest BCUT2D eigenvalue weighted by molar-refractivity contribution is 5.96. The SMILES string of the molecule is CCc1cc(C#N)c(OC)cc1C(C)=O. The van der Waals surface area contributed by atoms with Crippen LogP contribution in [-0.2, 0) is 6.42 Å². The Morgan fingerprint density at radius 3 is 2.60 bits per heavy atom. The third-order valence-electron chi connectivity index (χ3n) is 2.31. The second-order valence-electron chi connectivity index (χ2n) is 3.23. The Labute approximate surface area is 89.3 Å². The van der Waals surface area contributed by atoms with E-state index in [1.54, 1.807) is 12.1 Å². The molecule has 1 rings (SSSR count). The van der Waals surface area contributed by atoms with E-state index in [9.17, 15) is 4.79 Å². The average molecular weight is 203 g/mol. The number of ether oxygens (including phenoxy) is 1. The van der Waals surface area contributed by atoms with Gasteiger partial charge < -0.3 is 4.74 Å². The van der Waals surface area contributed by atoms with Crippen molar-refractivity contribution >= 4 is 5.78 Å². The fourth-order valence-corrected chi connectivity index (χ4v) is 1.50. The quantitative estimate of drug-likeness (QED) is 0.708. The van der Waals surface area contributed by atoms with Crippen LogP contribution in [0.25, 0.3) is 0 Å². The molecule has 0 saturated carbocycles. The van der Waals surface area contributed by atoms with E-state index in [1.165, 1.54) is 14.0 Å². The number of carbonyl (C=O) groups excluding carboxylic acids is 1. The van der Waals surface area contributed by atoms with Crippen molar-refractivity contribution in [3.05, 3.63) is 28.8 Å². The van der Waals surface area contributed by atoms with Gasteiger partial charge in [-0.1, -0.05) is 6.92 Å². The number of hydrogen-bond donors (Lipinski definition) is 0. The van der Waals surface area contributed by atoms with Crippen LogP contribution in [0, 0.1) is 11.3 Å². The number of nitrogens with zero attached hydrogens (tertiary/aromatic N) is 1. The van der Waals surface area contributed by atoms with E-state index in [0.717, 1.165) is 12.0 Å². The van der Waals surface area contributed by atoms with Crippen LogP contribution in [0.15, 0.2) is 12.1 Å². The van der Waals surface area contributed by atoms with Gasteiger partial charge in [0.25, 0.3) is 0 Å². The van der Waals surface area contributed by atoms with Gasteiger partial charge in [-0.15, -0.1) is 0 Å². The highest BCUT2D eigenvalue weighted by Gasteiger charge is 2.11. The highest BCUT2D eigenvalue weighted by Crippen LogP contribution is 2.23. The lowest BCUT2D eigenvalue weighted by molar-refractivity contribution is 0.101. The molecule has 0 spiro atoms. The summed E-state index contributed by atoms with van der Waals surface area (Å²) in [6.45, 7) is 3.47. The van der Waals surface area contributed by atoms with E-state index in [-0.39, 0.29) is 5.78 Å². The second-order valence-corrected chi connectivity index (χ2v) is 3.23. The summed E-state index contributed by atoms with van der Waals surface area (Å²) in [6, 6.07) is 5.41. The minimum Gasteiger partial charge on any atom is -0.495 e. The van der Waals surface area contributed by atoms with E-state index >= 15 is 0 Å². The molecule has 0 unspecified atom stereocenters. The maximum Gasteiger partial charge on any atom is 0.160 e. The average Bonchev–Trinajstić information content (AvgIpc) is 2.26. The van der Waals surface area contributed by atoms with Crippen LogP contribution in [0.5, 0.6) is 5.75 Å². The van der Waals surface area contributed by atoms with Crippen molar-refractivity contribution in [2.75, 3.05) is 7.11 Å². The van der Waals surface area contributed by atoms with Crippen LogP contribution in [0.3, 0.4) is 0 Å². The van der Waals surface area contributed by atoms with E-state index in [2.05, 4.69) is 6.07 Å². The van der Waals surface area contributed by atoms with Gasteiger partial charge in [-0.05, 0) is 31.0 Å². The van der Waals surface area contributed by atoms with Crippen molar-refractivity contribution in [1.82, 2.24) is 0 Å². The monoisotopic (exact) mass is 203 g/mol. The van der Waals surface area contributed by atoms with Crippen molar-refractivity contribution in [2.24, 2.45) is 0 Å². The Bertz CT molecular complexity index is 430. The lowest BCUT2D eigenvalue weighted by Crippen LogP contribution is -2.01. The molecule has 0 radical (unpaired) electrons. The molecule has 0 fully saturated rings. The first kappa shape index (κ1) is 11.3. The lowest BCUT2D eigenvalue weighted by atomic mass is 9.99. The van der Waals surface area contributed by atoms with Crippen LogP contribution in [0.4, 0.5) is 0 Å². The van der Waals surface area contributed by atoms with E-state index in [1.807, 2.05) is 6.92 Å². The molecule has 1 aromatic carbocycles. The number of benzene rings is 1. The van der Waals surface area contributed by atoms with Gasteiger partial charge in [0.15, 0.2) is 5.78 Å². The number of nitriles is 1. The number of carbonyl (C=O) groups is 1. The topological polar surface area (TPSA) is 50.1 Å². The smallest absolute Gasteiger partial charge is 0.160 e. The predicted octanol–water partition coefficient (Wildman–Crippen LogP) is 2.33. The molecule has 0 aliphatic heterocycles. The van der Waals surface area contributed by atoms with Crippen molar-refractivity contribution in [1.29, 1.82) is 5.26 Å². The van der Waals surface area contributed by atoms with Gasteiger partial charge >= 0.3 is 0 Å².